The van der Waals surface area contributed by atoms with Gasteiger partial charge in [0.15, 0.2) is 0 Å². The van der Waals surface area contributed by atoms with Crippen molar-refractivity contribution in [2.24, 2.45) is 5.73 Å². The molecule has 8 heteroatoms. The van der Waals surface area contributed by atoms with E-state index < -0.39 is 0 Å². The minimum absolute atomic E-state index is 0. The molecular weight excluding hydrogens is 365 g/mol. The number of amides is 2. The van der Waals surface area contributed by atoms with Crippen LogP contribution in [0.25, 0.3) is 0 Å². The van der Waals surface area contributed by atoms with Gasteiger partial charge in [-0.05, 0) is 31.0 Å². The van der Waals surface area contributed by atoms with E-state index in [-0.39, 0.29) is 36.4 Å². The number of nitrogens with two attached hydrogens (primary N) is 1. The van der Waals surface area contributed by atoms with E-state index in [1.807, 2.05) is 0 Å². The van der Waals surface area contributed by atoms with E-state index in [1.165, 1.54) is 0 Å². The maximum atomic E-state index is 12.5. The summed E-state index contributed by atoms with van der Waals surface area (Å²) in [5, 5.41) is 0.544. The fourth-order valence-corrected chi connectivity index (χ4v) is 3.39. The van der Waals surface area contributed by atoms with Crippen molar-refractivity contribution < 1.29 is 14.3 Å². The lowest BCUT2D eigenvalue weighted by atomic mass is 10.1. The summed E-state index contributed by atoms with van der Waals surface area (Å²) >= 11 is 5.94. The number of carbonyl (C=O) groups is 2. The van der Waals surface area contributed by atoms with Crippen LogP contribution in [0.2, 0.25) is 5.02 Å². The van der Waals surface area contributed by atoms with Crippen LogP contribution >= 0.6 is 24.0 Å². The van der Waals surface area contributed by atoms with Crippen LogP contribution in [0.15, 0.2) is 24.3 Å². The van der Waals surface area contributed by atoms with E-state index in [2.05, 4.69) is 0 Å². The van der Waals surface area contributed by atoms with Gasteiger partial charge in [0.05, 0.1) is 6.10 Å². The highest BCUT2D eigenvalue weighted by atomic mass is 35.5. The fraction of sp³-hybridized carbons (Fsp3) is 0.529. The van der Waals surface area contributed by atoms with Gasteiger partial charge in [0.25, 0.3) is 11.8 Å². The summed E-state index contributed by atoms with van der Waals surface area (Å²) in [5.74, 6) is -0.0364. The van der Waals surface area contributed by atoms with Crippen molar-refractivity contribution in [3.05, 3.63) is 34.9 Å². The quantitative estimate of drug-likeness (QED) is 0.853. The van der Waals surface area contributed by atoms with Gasteiger partial charge in [-0.2, -0.15) is 0 Å². The van der Waals surface area contributed by atoms with E-state index in [0.717, 1.165) is 12.8 Å². The Kier molecular flexibility index (Phi) is 7.07. The smallest absolute Gasteiger partial charge is 0.254 e. The molecule has 1 aromatic carbocycles. The highest BCUT2D eigenvalue weighted by molar-refractivity contribution is 6.30. The Balaban J connectivity index is 0.00000225. The number of carbonyl (C=O) groups excluding carboxylic acids is 2. The van der Waals surface area contributed by atoms with Crippen LogP contribution in [-0.2, 0) is 9.53 Å². The summed E-state index contributed by atoms with van der Waals surface area (Å²) in [4.78, 5) is 28.5. The second-order valence-corrected chi connectivity index (χ2v) is 6.62. The van der Waals surface area contributed by atoms with Crippen molar-refractivity contribution in [1.82, 2.24) is 9.80 Å². The Hall–Kier alpha value is -1.34. The highest BCUT2D eigenvalue weighted by Gasteiger charge is 2.34. The molecule has 0 spiro atoms. The average Bonchev–Trinajstić information content (AvgIpc) is 3.10. The van der Waals surface area contributed by atoms with Crippen LogP contribution in [0, 0.1) is 0 Å². The Labute approximate surface area is 158 Å². The summed E-state index contributed by atoms with van der Waals surface area (Å²) in [7, 11) is 0. The Morgan fingerprint density at radius 1 is 1.16 bits per heavy atom. The Morgan fingerprint density at radius 2 is 1.84 bits per heavy atom. The van der Waals surface area contributed by atoms with E-state index in [9.17, 15) is 9.59 Å². The zero-order chi connectivity index (χ0) is 17.1. The third-order valence-corrected chi connectivity index (χ3v) is 4.83. The molecule has 2 aliphatic rings. The molecule has 2 aliphatic heterocycles. The van der Waals surface area contributed by atoms with Crippen molar-refractivity contribution in [3.63, 3.8) is 0 Å². The summed E-state index contributed by atoms with van der Waals surface area (Å²) in [6.07, 6.45) is 1.17. The van der Waals surface area contributed by atoms with Gasteiger partial charge in [0.2, 0.25) is 0 Å². The first-order valence-corrected chi connectivity index (χ1v) is 8.65. The first-order valence-electron chi connectivity index (χ1n) is 8.27. The number of hydrogen-bond acceptors (Lipinski definition) is 4. The van der Waals surface area contributed by atoms with E-state index in [1.54, 1.807) is 34.1 Å². The molecule has 2 fully saturated rings. The predicted molar refractivity (Wildman–Crippen MR) is 98.1 cm³/mol. The molecule has 6 nitrogen and oxygen atoms in total. The molecule has 2 heterocycles. The van der Waals surface area contributed by atoms with Crippen molar-refractivity contribution >= 4 is 35.8 Å². The van der Waals surface area contributed by atoms with Crippen LogP contribution in [0.5, 0.6) is 0 Å². The van der Waals surface area contributed by atoms with Gasteiger partial charge in [-0.15, -0.1) is 12.4 Å². The molecule has 25 heavy (non-hydrogen) atoms. The molecule has 2 atom stereocenters. The number of rotatable bonds is 3. The molecule has 2 saturated heterocycles. The SMILES string of the molecule is Cl.NC[C@H]1CC[C@@H](C(=O)N2CCN(C(=O)c3cccc(Cl)c3)CC2)O1. The van der Waals surface area contributed by atoms with Crippen molar-refractivity contribution in [2.45, 2.75) is 25.0 Å². The molecule has 2 amide bonds. The van der Waals surface area contributed by atoms with E-state index in [4.69, 9.17) is 22.1 Å². The maximum Gasteiger partial charge on any atom is 0.254 e. The molecule has 0 aliphatic carbocycles. The molecule has 0 saturated carbocycles. The maximum absolute atomic E-state index is 12.5. The summed E-state index contributed by atoms with van der Waals surface area (Å²) < 4.78 is 5.67. The van der Waals surface area contributed by atoms with Crippen LogP contribution in [0.3, 0.4) is 0 Å². The van der Waals surface area contributed by atoms with Crippen LogP contribution in [0.4, 0.5) is 0 Å². The minimum atomic E-state index is -0.381. The molecule has 138 valence electrons. The monoisotopic (exact) mass is 387 g/mol. The van der Waals surface area contributed by atoms with Gasteiger partial charge in [-0.25, -0.2) is 0 Å². The fourth-order valence-electron chi connectivity index (χ4n) is 3.20. The zero-order valence-corrected chi connectivity index (χ0v) is 15.5. The molecule has 0 radical (unpaired) electrons. The topological polar surface area (TPSA) is 75.9 Å². The lowest BCUT2D eigenvalue weighted by Gasteiger charge is -2.35. The first kappa shape index (κ1) is 20.0. The molecule has 2 N–H and O–H groups in total. The lowest BCUT2D eigenvalue weighted by molar-refractivity contribution is -0.144. The number of piperazine rings is 1. The molecular formula is C17H23Cl2N3O3. The number of hydrogen-bond donors (Lipinski definition) is 1. The molecule has 0 unspecified atom stereocenters. The number of halogens is 2. The average molecular weight is 388 g/mol. The van der Waals surface area contributed by atoms with Gasteiger partial charge >= 0.3 is 0 Å². The van der Waals surface area contributed by atoms with Crippen molar-refractivity contribution in [1.29, 1.82) is 0 Å². The van der Waals surface area contributed by atoms with Crippen LogP contribution in [-0.4, -0.2) is 66.5 Å². The predicted octanol–water partition coefficient (Wildman–Crippen LogP) is 1.55. The third kappa shape index (κ3) is 4.64. The van der Waals surface area contributed by atoms with Gasteiger partial charge in [-0.3, -0.25) is 9.59 Å². The summed E-state index contributed by atoms with van der Waals surface area (Å²) in [6, 6.07) is 6.93. The molecule has 0 aromatic heterocycles. The lowest BCUT2D eigenvalue weighted by Crippen LogP contribution is -2.53. The second kappa shape index (κ2) is 8.85. The normalized spacial score (nSPS) is 23.3. The number of nitrogens with zero attached hydrogens (tertiary/aromatic N) is 2. The standard InChI is InChI=1S/C17H22ClN3O3.ClH/c18-13-3-1-2-12(10-13)16(22)20-6-8-21(9-7-20)17(23)15-5-4-14(11-19)24-15;/h1-3,10,14-15H,4-9,11,19H2;1H/t14-,15+;/m1./s1. The van der Waals surface area contributed by atoms with E-state index in [0.29, 0.717) is 43.3 Å². The Bertz CT molecular complexity index is 621. The third-order valence-electron chi connectivity index (χ3n) is 4.60. The highest BCUT2D eigenvalue weighted by Crippen LogP contribution is 2.21. The summed E-state index contributed by atoms with van der Waals surface area (Å²) in [5.41, 5.74) is 6.16. The Morgan fingerprint density at radius 3 is 2.44 bits per heavy atom. The molecule has 3 rings (SSSR count). The zero-order valence-electron chi connectivity index (χ0n) is 13.9. The molecule has 1 aromatic rings. The van der Waals surface area contributed by atoms with Gasteiger partial charge < -0.3 is 20.3 Å². The second-order valence-electron chi connectivity index (χ2n) is 6.19. The van der Waals surface area contributed by atoms with Gasteiger partial charge in [0, 0.05) is 43.3 Å². The van der Waals surface area contributed by atoms with Gasteiger partial charge in [0.1, 0.15) is 6.10 Å². The first-order chi connectivity index (χ1) is 11.6. The number of ether oxygens (including phenoxy) is 1. The van der Waals surface area contributed by atoms with Crippen molar-refractivity contribution in [3.8, 4) is 0 Å². The molecule has 0 bridgehead atoms. The van der Waals surface area contributed by atoms with Crippen LogP contribution < -0.4 is 5.73 Å². The van der Waals surface area contributed by atoms with Crippen LogP contribution in [0.1, 0.15) is 23.2 Å². The number of benzene rings is 1. The van der Waals surface area contributed by atoms with Crippen molar-refractivity contribution in [2.75, 3.05) is 32.7 Å². The van der Waals surface area contributed by atoms with E-state index >= 15 is 0 Å². The minimum Gasteiger partial charge on any atom is -0.364 e. The summed E-state index contributed by atoms with van der Waals surface area (Å²) in [6.45, 7) is 2.54. The largest absolute Gasteiger partial charge is 0.364 e. The van der Waals surface area contributed by atoms with Gasteiger partial charge in [-0.1, -0.05) is 17.7 Å².